The molecule has 2 nitrogen and oxygen atoms in total. The van der Waals surface area contributed by atoms with E-state index in [1.54, 1.807) is 0 Å². The molecule has 15 heavy (non-hydrogen) atoms. The molecule has 0 aliphatic heterocycles. The molecule has 0 radical (unpaired) electrons. The van der Waals surface area contributed by atoms with Crippen molar-refractivity contribution in [2.24, 2.45) is 0 Å². The molecule has 0 saturated heterocycles. The van der Waals surface area contributed by atoms with Gasteiger partial charge in [0.05, 0.1) is 6.61 Å². The lowest BCUT2D eigenvalue weighted by Crippen LogP contribution is -2.11. The van der Waals surface area contributed by atoms with Gasteiger partial charge in [0.1, 0.15) is 5.75 Å². The van der Waals surface area contributed by atoms with E-state index in [9.17, 15) is 0 Å². The molecule has 0 aromatic heterocycles. The standard InChI is InChI=1S/C13H21NO/c1-4-5-10-15-13-8-6-12(7-9-13)11(2)14-3/h6-9,11,14H,4-5,10H2,1-3H3. The van der Waals surface area contributed by atoms with Crippen molar-refractivity contribution in [3.05, 3.63) is 29.8 Å². The number of ether oxygens (including phenoxy) is 1. The number of hydrogen-bond donors (Lipinski definition) is 1. The number of unbranched alkanes of at least 4 members (excludes halogenated alkanes) is 1. The molecule has 1 aromatic rings. The molecule has 1 unspecified atom stereocenters. The van der Waals surface area contributed by atoms with Crippen molar-refractivity contribution in [2.75, 3.05) is 13.7 Å². The summed E-state index contributed by atoms with van der Waals surface area (Å²) in [5.41, 5.74) is 1.29. The van der Waals surface area contributed by atoms with Crippen LogP contribution >= 0.6 is 0 Å². The number of rotatable bonds is 6. The van der Waals surface area contributed by atoms with Crippen molar-refractivity contribution < 1.29 is 4.74 Å². The van der Waals surface area contributed by atoms with Crippen LogP contribution in [0.5, 0.6) is 5.75 Å². The van der Waals surface area contributed by atoms with Crippen LogP contribution in [-0.2, 0) is 0 Å². The number of nitrogens with one attached hydrogen (secondary N) is 1. The third-order valence-corrected chi connectivity index (χ3v) is 2.58. The number of benzene rings is 1. The zero-order valence-electron chi connectivity index (χ0n) is 9.92. The summed E-state index contributed by atoms with van der Waals surface area (Å²) in [5.74, 6) is 0.968. The van der Waals surface area contributed by atoms with Crippen molar-refractivity contribution in [1.29, 1.82) is 0 Å². The molecule has 0 aliphatic rings. The highest BCUT2D eigenvalue weighted by atomic mass is 16.5. The molecule has 2 heteroatoms. The van der Waals surface area contributed by atoms with Gasteiger partial charge < -0.3 is 10.1 Å². The Labute approximate surface area is 92.6 Å². The Hall–Kier alpha value is -1.02. The van der Waals surface area contributed by atoms with Gasteiger partial charge in [-0.2, -0.15) is 0 Å². The van der Waals surface area contributed by atoms with Crippen LogP contribution in [0.4, 0.5) is 0 Å². The molecule has 0 saturated carbocycles. The highest BCUT2D eigenvalue weighted by Gasteiger charge is 2.01. The Balaban J connectivity index is 2.49. The fraction of sp³-hybridized carbons (Fsp3) is 0.538. The predicted octanol–water partition coefficient (Wildman–Crippen LogP) is 3.15. The summed E-state index contributed by atoms with van der Waals surface area (Å²) < 4.78 is 5.59. The highest BCUT2D eigenvalue weighted by molar-refractivity contribution is 5.28. The van der Waals surface area contributed by atoms with Gasteiger partial charge in [-0.3, -0.25) is 0 Å². The van der Waals surface area contributed by atoms with E-state index in [1.807, 2.05) is 19.2 Å². The first-order valence-electron chi connectivity index (χ1n) is 5.68. The molecule has 1 N–H and O–H groups in total. The van der Waals surface area contributed by atoms with Gasteiger partial charge in [0.25, 0.3) is 0 Å². The summed E-state index contributed by atoms with van der Waals surface area (Å²) in [6, 6.07) is 8.71. The quantitative estimate of drug-likeness (QED) is 0.723. The average molecular weight is 207 g/mol. The topological polar surface area (TPSA) is 21.3 Å². The van der Waals surface area contributed by atoms with Gasteiger partial charge in [-0.1, -0.05) is 25.5 Å². The maximum atomic E-state index is 5.59. The van der Waals surface area contributed by atoms with Gasteiger partial charge in [-0.25, -0.2) is 0 Å². The zero-order valence-corrected chi connectivity index (χ0v) is 9.92. The van der Waals surface area contributed by atoms with E-state index in [-0.39, 0.29) is 0 Å². The Bertz CT molecular complexity index is 268. The number of hydrogen-bond acceptors (Lipinski definition) is 2. The molecule has 84 valence electrons. The lowest BCUT2D eigenvalue weighted by Gasteiger charge is -2.11. The van der Waals surface area contributed by atoms with Gasteiger partial charge in [-0.15, -0.1) is 0 Å². The summed E-state index contributed by atoms with van der Waals surface area (Å²) in [5, 5.41) is 3.21. The highest BCUT2D eigenvalue weighted by Crippen LogP contribution is 2.17. The van der Waals surface area contributed by atoms with Crippen LogP contribution < -0.4 is 10.1 Å². The van der Waals surface area contributed by atoms with Crippen molar-refractivity contribution in [2.45, 2.75) is 32.7 Å². The van der Waals surface area contributed by atoms with Crippen molar-refractivity contribution in [3.8, 4) is 5.75 Å². The van der Waals surface area contributed by atoms with E-state index in [0.717, 1.165) is 18.8 Å². The third-order valence-electron chi connectivity index (χ3n) is 2.58. The van der Waals surface area contributed by atoms with Gasteiger partial charge >= 0.3 is 0 Å². The summed E-state index contributed by atoms with van der Waals surface area (Å²) in [6.45, 7) is 5.13. The lowest BCUT2D eigenvalue weighted by atomic mass is 10.1. The molecule has 0 fully saturated rings. The minimum absolute atomic E-state index is 0.398. The van der Waals surface area contributed by atoms with Crippen LogP contribution in [0.2, 0.25) is 0 Å². The van der Waals surface area contributed by atoms with E-state index in [0.29, 0.717) is 6.04 Å². The molecule has 0 aliphatic carbocycles. The molecule has 0 amide bonds. The largest absolute Gasteiger partial charge is 0.494 e. The summed E-state index contributed by atoms with van der Waals surface area (Å²) in [7, 11) is 1.97. The van der Waals surface area contributed by atoms with Crippen LogP contribution in [0.3, 0.4) is 0 Å². The SMILES string of the molecule is CCCCOc1ccc(C(C)NC)cc1. The summed E-state index contributed by atoms with van der Waals surface area (Å²) in [4.78, 5) is 0. The predicted molar refractivity (Wildman–Crippen MR) is 64.3 cm³/mol. The third kappa shape index (κ3) is 3.92. The molecule has 1 aromatic carbocycles. The Morgan fingerprint density at radius 3 is 2.47 bits per heavy atom. The van der Waals surface area contributed by atoms with E-state index in [1.165, 1.54) is 12.0 Å². The summed E-state index contributed by atoms with van der Waals surface area (Å²) >= 11 is 0. The first-order chi connectivity index (χ1) is 7.27. The van der Waals surface area contributed by atoms with Gasteiger partial charge in [-0.05, 0) is 38.1 Å². The van der Waals surface area contributed by atoms with Gasteiger partial charge in [0.2, 0.25) is 0 Å². The minimum atomic E-state index is 0.398. The van der Waals surface area contributed by atoms with Crippen LogP contribution in [0.1, 0.15) is 38.3 Å². The van der Waals surface area contributed by atoms with Crippen molar-refractivity contribution in [1.82, 2.24) is 5.32 Å². The first-order valence-corrected chi connectivity index (χ1v) is 5.68. The molecule has 0 bridgehead atoms. The minimum Gasteiger partial charge on any atom is -0.494 e. The van der Waals surface area contributed by atoms with Crippen molar-refractivity contribution >= 4 is 0 Å². The molecular weight excluding hydrogens is 186 g/mol. The Kier molecular flexibility index (Phi) is 5.19. The summed E-state index contributed by atoms with van der Waals surface area (Å²) in [6.07, 6.45) is 2.30. The van der Waals surface area contributed by atoms with Crippen molar-refractivity contribution in [3.63, 3.8) is 0 Å². The van der Waals surface area contributed by atoms with E-state index >= 15 is 0 Å². The lowest BCUT2D eigenvalue weighted by molar-refractivity contribution is 0.309. The fourth-order valence-corrected chi connectivity index (χ4v) is 1.35. The second-order valence-electron chi connectivity index (χ2n) is 3.78. The monoisotopic (exact) mass is 207 g/mol. The molecular formula is C13H21NO. The second-order valence-corrected chi connectivity index (χ2v) is 3.78. The average Bonchev–Trinajstić information content (AvgIpc) is 2.29. The van der Waals surface area contributed by atoms with Crippen LogP contribution in [0.25, 0.3) is 0 Å². The van der Waals surface area contributed by atoms with Crippen LogP contribution in [0.15, 0.2) is 24.3 Å². The second kappa shape index (κ2) is 6.46. The van der Waals surface area contributed by atoms with E-state index in [2.05, 4.69) is 31.3 Å². The Morgan fingerprint density at radius 1 is 1.27 bits per heavy atom. The van der Waals surface area contributed by atoms with E-state index < -0.39 is 0 Å². The Morgan fingerprint density at radius 2 is 1.93 bits per heavy atom. The zero-order chi connectivity index (χ0) is 11.1. The molecule has 1 atom stereocenters. The maximum absolute atomic E-state index is 5.59. The smallest absolute Gasteiger partial charge is 0.119 e. The maximum Gasteiger partial charge on any atom is 0.119 e. The van der Waals surface area contributed by atoms with Gasteiger partial charge in [0.15, 0.2) is 0 Å². The normalized spacial score (nSPS) is 12.5. The molecule has 0 heterocycles. The molecule has 1 rings (SSSR count). The molecule has 0 spiro atoms. The van der Waals surface area contributed by atoms with Crippen LogP contribution in [-0.4, -0.2) is 13.7 Å². The van der Waals surface area contributed by atoms with Gasteiger partial charge in [0, 0.05) is 6.04 Å². The van der Waals surface area contributed by atoms with E-state index in [4.69, 9.17) is 4.74 Å². The van der Waals surface area contributed by atoms with Crippen LogP contribution in [0, 0.1) is 0 Å². The fourth-order valence-electron chi connectivity index (χ4n) is 1.35. The first kappa shape index (κ1) is 12.1.